The van der Waals surface area contributed by atoms with Crippen molar-refractivity contribution in [1.82, 2.24) is 5.32 Å². The molecule has 1 aliphatic rings. The van der Waals surface area contributed by atoms with Crippen molar-refractivity contribution >= 4 is 40.6 Å². The molecule has 6 nitrogen and oxygen atoms in total. The van der Waals surface area contributed by atoms with Gasteiger partial charge in [-0.3, -0.25) is 14.4 Å². The van der Waals surface area contributed by atoms with Gasteiger partial charge in [0.05, 0.1) is 21.2 Å². The summed E-state index contributed by atoms with van der Waals surface area (Å²) in [4.78, 5) is 35.8. The minimum absolute atomic E-state index is 0.00299. The van der Waals surface area contributed by atoms with Gasteiger partial charge in [-0.25, -0.2) is 0 Å². The van der Waals surface area contributed by atoms with Crippen LogP contribution in [0.4, 0.5) is 0 Å². The Kier molecular flexibility index (Phi) is 7.28. The van der Waals surface area contributed by atoms with Crippen molar-refractivity contribution in [2.75, 3.05) is 6.54 Å². The zero-order chi connectivity index (χ0) is 20.8. The van der Waals surface area contributed by atoms with Gasteiger partial charge in [0.2, 0.25) is 0 Å². The van der Waals surface area contributed by atoms with Gasteiger partial charge in [-0.15, -0.1) is 11.3 Å². The molecule has 29 heavy (non-hydrogen) atoms. The SMILES string of the molecule is O=C(CCCNC(=O)c1ccc(Cl)s1)c1ccc(O[C@@H]2CC[C@@H](C(=O)O)C2)cc1. The molecule has 1 fully saturated rings. The molecule has 1 aromatic heterocycles. The summed E-state index contributed by atoms with van der Waals surface area (Å²) in [6, 6.07) is 10.3. The van der Waals surface area contributed by atoms with Crippen molar-refractivity contribution in [3.05, 3.63) is 51.2 Å². The predicted octanol–water partition coefficient (Wildman–Crippen LogP) is 4.43. The predicted molar refractivity (Wildman–Crippen MR) is 111 cm³/mol. The molecule has 0 saturated heterocycles. The van der Waals surface area contributed by atoms with E-state index in [1.54, 1.807) is 36.4 Å². The summed E-state index contributed by atoms with van der Waals surface area (Å²) in [7, 11) is 0. The molecule has 3 rings (SSSR count). The molecule has 1 aromatic carbocycles. The van der Waals surface area contributed by atoms with Crippen LogP contribution in [-0.4, -0.2) is 35.4 Å². The van der Waals surface area contributed by atoms with E-state index in [2.05, 4.69) is 5.32 Å². The summed E-state index contributed by atoms with van der Waals surface area (Å²) in [6.07, 6.45) is 2.64. The van der Waals surface area contributed by atoms with E-state index in [0.717, 1.165) is 6.42 Å². The molecule has 0 spiro atoms. The van der Waals surface area contributed by atoms with Crippen LogP contribution in [0.25, 0.3) is 0 Å². The van der Waals surface area contributed by atoms with Crippen LogP contribution in [0.3, 0.4) is 0 Å². The largest absolute Gasteiger partial charge is 0.490 e. The maximum absolute atomic E-state index is 12.3. The number of nitrogens with one attached hydrogen (secondary N) is 1. The highest BCUT2D eigenvalue weighted by Gasteiger charge is 2.30. The number of carboxylic acids is 1. The molecule has 1 aliphatic carbocycles. The molecule has 154 valence electrons. The highest BCUT2D eigenvalue weighted by atomic mass is 35.5. The third kappa shape index (κ3) is 6.05. The summed E-state index contributed by atoms with van der Waals surface area (Å²) >= 11 is 7.03. The van der Waals surface area contributed by atoms with Crippen LogP contribution in [0.15, 0.2) is 36.4 Å². The zero-order valence-electron chi connectivity index (χ0n) is 15.7. The van der Waals surface area contributed by atoms with E-state index in [-0.39, 0.29) is 23.7 Å². The monoisotopic (exact) mass is 435 g/mol. The number of aliphatic carboxylic acids is 1. The van der Waals surface area contributed by atoms with Gasteiger partial charge in [0.1, 0.15) is 5.75 Å². The molecule has 0 radical (unpaired) electrons. The Balaban J connectivity index is 1.40. The highest BCUT2D eigenvalue weighted by molar-refractivity contribution is 7.17. The zero-order valence-corrected chi connectivity index (χ0v) is 17.3. The molecule has 1 amide bonds. The number of carboxylic acid groups (broad SMARTS) is 1. The van der Waals surface area contributed by atoms with E-state index >= 15 is 0 Å². The standard InChI is InChI=1S/C21H22ClNO5S/c22-19-10-9-18(29-19)20(25)23-11-1-2-17(24)13-3-6-15(7-4-13)28-16-8-5-14(12-16)21(26)27/h3-4,6-7,9-10,14,16H,1-2,5,8,11-12H2,(H,23,25)(H,26,27)/t14-,16-/m1/s1. The van der Waals surface area contributed by atoms with Crippen molar-refractivity contribution in [2.45, 2.75) is 38.2 Å². The van der Waals surface area contributed by atoms with E-state index in [1.165, 1.54) is 11.3 Å². The minimum atomic E-state index is -0.771. The second-order valence-corrected chi connectivity index (χ2v) is 8.71. The van der Waals surface area contributed by atoms with Gasteiger partial charge in [0, 0.05) is 18.5 Å². The number of Topliss-reactive ketones (excluding diaryl/α,β-unsaturated/α-hetero) is 1. The quantitative estimate of drug-likeness (QED) is 0.449. The summed E-state index contributed by atoms with van der Waals surface area (Å²) in [6.45, 7) is 0.410. The first-order chi connectivity index (χ1) is 13.9. The highest BCUT2D eigenvalue weighted by Crippen LogP contribution is 2.29. The van der Waals surface area contributed by atoms with Gasteiger partial charge in [-0.1, -0.05) is 11.6 Å². The normalized spacial score (nSPS) is 18.4. The Morgan fingerprint density at radius 3 is 2.52 bits per heavy atom. The lowest BCUT2D eigenvalue weighted by atomic mass is 10.1. The number of carbonyl (C=O) groups excluding carboxylic acids is 2. The van der Waals surface area contributed by atoms with Crippen molar-refractivity contribution in [1.29, 1.82) is 0 Å². The van der Waals surface area contributed by atoms with Gasteiger partial charge in [0.25, 0.3) is 5.91 Å². The number of thiophene rings is 1. The number of hydrogen-bond donors (Lipinski definition) is 2. The van der Waals surface area contributed by atoms with E-state index < -0.39 is 5.97 Å². The smallest absolute Gasteiger partial charge is 0.306 e. The number of carbonyl (C=O) groups is 3. The van der Waals surface area contributed by atoms with Crippen LogP contribution in [0.5, 0.6) is 5.75 Å². The fraction of sp³-hybridized carbons (Fsp3) is 0.381. The minimum Gasteiger partial charge on any atom is -0.490 e. The molecule has 1 heterocycles. The van der Waals surface area contributed by atoms with Gasteiger partial charge in [0.15, 0.2) is 5.78 Å². The van der Waals surface area contributed by atoms with Crippen molar-refractivity contribution in [2.24, 2.45) is 5.92 Å². The molecule has 2 atom stereocenters. The van der Waals surface area contributed by atoms with Crippen LogP contribution in [0.2, 0.25) is 4.34 Å². The number of amides is 1. The van der Waals surface area contributed by atoms with Crippen molar-refractivity contribution in [3.63, 3.8) is 0 Å². The van der Waals surface area contributed by atoms with Gasteiger partial charge in [-0.2, -0.15) is 0 Å². The van der Waals surface area contributed by atoms with Crippen molar-refractivity contribution < 1.29 is 24.2 Å². The number of hydrogen-bond acceptors (Lipinski definition) is 5. The maximum Gasteiger partial charge on any atom is 0.306 e. The van der Waals surface area contributed by atoms with Crippen LogP contribution in [0.1, 0.15) is 52.1 Å². The lowest BCUT2D eigenvalue weighted by Gasteiger charge is -2.13. The molecule has 0 bridgehead atoms. The van der Waals surface area contributed by atoms with E-state index in [0.29, 0.717) is 52.8 Å². The maximum atomic E-state index is 12.3. The van der Waals surface area contributed by atoms with Gasteiger partial charge in [-0.05, 0) is 62.1 Å². The van der Waals surface area contributed by atoms with Crippen LogP contribution < -0.4 is 10.1 Å². The molecular formula is C21H22ClNO5S. The average molecular weight is 436 g/mol. The Morgan fingerprint density at radius 2 is 1.90 bits per heavy atom. The molecule has 0 aliphatic heterocycles. The van der Waals surface area contributed by atoms with Crippen LogP contribution in [-0.2, 0) is 4.79 Å². The second-order valence-electron chi connectivity index (χ2n) is 7.00. The molecule has 8 heteroatoms. The lowest BCUT2D eigenvalue weighted by Crippen LogP contribution is -2.24. The van der Waals surface area contributed by atoms with E-state index in [1.807, 2.05) is 0 Å². The average Bonchev–Trinajstić information content (AvgIpc) is 3.35. The number of rotatable bonds is 9. The first-order valence-electron chi connectivity index (χ1n) is 9.48. The third-order valence-electron chi connectivity index (χ3n) is 4.88. The summed E-state index contributed by atoms with van der Waals surface area (Å²) < 4.78 is 6.39. The third-order valence-corrected chi connectivity index (χ3v) is 6.11. The summed E-state index contributed by atoms with van der Waals surface area (Å²) in [5, 5.41) is 11.8. The van der Waals surface area contributed by atoms with E-state index in [4.69, 9.17) is 21.4 Å². The fourth-order valence-corrected chi connectivity index (χ4v) is 4.26. The lowest BCUT2D eigenvalue weighted by molar-refractivity contribution is -0.141. The summed E-state index contributed by atoms with van der Waals surface area (Å²) in [5.74, 6) is -0.658. The Bertz CT molecular complexity index is 879. The first kappa shape index (κ1) is 21.3. The second kappa shape index (κ2) is 9.89. The van der Waals surface area contributed by atoms with E-state index in [9.17, 15) is 14.4 Å². The Hall–Kier alpha value is -2.38. The molecule has 0 unspecified atom stereocenters. The molecule has 2 aromatic rings. The van der Waals surface area contributed by atoms with Gasteiger partial charge >= 0.3 is 5.97 Å². The first-order valence-corrected chi connectivity index (χ1v) is 10.7. The molecular weight excluding hydrogens is 414 g/mol. The number of benzene rings is 1. The molecule has 1 saturated carbocycles. The number of halogens is 1. The number of ketones is 1. The topological polar surface area (TPSA) is 92.7 Å². The number of ether oxygens (including phenoxy) is 1. The van der Waals surface area contributed by atoms with Crippen molar-refractivity contribution in [3.8, 4) is 5.75 Å². The molecule has 2 N–H and O–H groups in total. The van der Waals surface area contributed by atoms with Crippen LogP contribution in [0, 0.1) is 5.92 Å². The Morgan fingerprint density at radius 1 is 1.14 bits per heavy atom. The van der Waals surface area contributed by atoms with Crippen LogP contribution >= 0.6 is 22.9 Å². The van der Waals surface area contributed by atoms with Gasteiger partial charge < -0.3 is 15.2 Å². The fourth-order valence-electron chi connectivity index (χ4n) is 3.30. The Labute approximate surface area is 177 Å². The summed E-state index contributed by atoms with van der Waals surface area (Å²) in [5.41, 5.74) is 0.587.